The Bertz CT molecular complexity index is 281. The van der Waals surface area contributed by atoms with E-state index < -0.39 is 0 Å². The molecule has 0 N–H and O–H groups in total. The third kappa shape index (κ3) is 4.26. The molecule has 2 heteroatoms. The van der Waals surface area contributed by atoms with Crippen LogP contribution in [0.2, 0.25) is 0 Å². The first-order valence-corrected chi connectivity index (χ1v) is 9.82. The van der Waals surface area contributed by atoms with Crippen LogP contribution in [-0.4, -0.2) is 25.4 Å². The highest BCUT2D eigenvalue weighted by Gasteiger charge is 2.50. The van der Waals surface area contributed by atoms with Gasteiger partial charge in [-0.25, -0.2) is 0 Å². The molecule has 0 heterocycles. The molecule has 0 bridgehead atoms. The highest BCUT2D eigenvalue weighted by atomic mass is 16.5. The maximum Gasteiger partial charge on any atom is 0.0642 e. The maximum absolute atomic E-state index is 6.43. The molecule has 22 heavy (non-hydrogen) atoms. The minimum Gasteiger partial charge on any atom is -0.381 e. The molecular weight excluding hydrogens is 272 g/mol. The van der Waals surface area contributed by atoms with Gasteiger partial charge >= 0.3 is 0 Å². The Labute approximate surface area is 139 Å². The Morgan fingerprint density at radius 3 is 1.73 bits per heavy atom. The van der Waals surface area contributed by atoms with E-state index in [4.69, 9.17) is 9.47 Å². The SMILES string of the molecule is CC.CCC1C(CC)C(OC(C)C)C2CCCCC2C1OC. The molecule has 2 fully saturated rings. The second-order valence-corrected chi connectivity index (χ2v) is 7.11. The lowest BCUT2D eigenvalue weighted by atomic mass is 9.59. The Kier molecular flexibility index (Phi) is 9.01. The molecule has 2 rings (SSSR count). The summed E-state index contributed by atoms with van der Waals surface area (Å²) < 4.78 is 12.4. The molecule has 2 aliphatic rings. The number of rotatable bonds is 5. The normalized spacial score (nSPS) is 38.2. The van der Waals surface area contributed by atoms with E-state index in [9.17, 15) is 0 Å². The van der Waals surface area contributed by atoms with Crippen LogP contribution in [0, 0.1) is 23.7 Å². The van der Waals surface area contributed by atoms with Gasteiger partial charge in [-0.05, 0) is 50.4 Å². The van der Waals surface area contributed by atoms with Gasteiger partial charge in [0, 0.05) is 7.11 Å². The summed E-state index contributed by atoms with van der Waals surface area (Å²) in [5.41, 5.74) is 0. The van der Waals surface area contributed by atoms with E-state index >= 15 is 0 Å². The lowest BCUT2D eigenvalue weighted by molar-refractivity contribution is -0.176. The zero-order valence-electron chi connectivity index (χ0n) is 16.1. The number of ether oxygens (including phenoxy) is 2. The predicted octanol–water partition coefficient (Wildman–Crippen LogP) is 5.69. The average molecular weight is 313 g/mol. The van der Waals surface area contributed by atoms with Crippen LogP contribution >= 0.6 is 0 Å². The predicted molar refractivity (Wildman–Crippen MR) is 95.2 cm³/mol. The zero-order valence-corrected chi connectivity index (χ0v) is 16.1. The lowest BCUT2D eigenvalue weighted by Crippen LogP contribution is -2.55. The van der Waals surface area contributed by atoms with E-state index in [1.807, 2.05) is 21.0 Å². The number of hydrogen-bond donors (Lipinski definition) is 0. The quantitative estimate of drug-likeness (QED) is 0.649. The molecule has 0 aromatic carbocycles. The minimum absolute atomic E-state index is 0.341. The van der Waals surface area contributed by atoms with Crippen molar-refractivity contribution in [3.05, 3.63) is 0 Å². The number of methoxy groups -OCH3 is 1. The fourth-order valence-electron chi connectivity index (χ4n) is 5.06. The molecule has 0 aliphatic heterocycles. The third-order valence-electron chi connectivity index (χ3n) is 5.76. The first-order valence-electron chi connectivity index (χ1n) is 9.82. The Hall–Kier alpha value is -0.0800. The molecule has 0 spiro atoms. The molecule has 0 aromatic heterocycles. The number of fused-ring (bicyclic) bond motifs is 1. The second kappa shape index (κ2) is 9.93. The summed E-state index contributed by atoms with van der Waals surface area (Å²) in [6.45, 7) is 13.0. The van der Waals surface area contributed by atoms with Crippen molar-refractivity contribution in [2.75, 3.05) is 7.11 Å². The Morgan fingerprint density at radius 1 is 0.864 bits per heavy atom. The van der Waals surface area contributed by atoms with Crippen molar-refractivity contribution in [3.8, 4) is 0 Å². The van der Waals surface area contributed by atoms with Crippen molar-refractivity contribution < 1.29 is 9.47 Å². The molecule has 0 amide bonds. The molecule has 6 atom stereocenters. The van der Waals surface area contributed by atoms with Crippen LogP contribution in [0.25, 0.3) is 0 Å². The molecular formula is C20H40O2. The largest absolute Gasteiger partial charge is 0.381 e. The van der Waals surface area contributed by atoms with Gasteiger partial charge in [0.25, 0.3) is 0 Å². The van der Waals surface area contributed by atoms with E-state index in [-0.39, 0.29) is 0 Å². The summed E-state index contributed by atoms with van der Waals surface area (Å²) in [5, 5.41) is 0. The van der Waals surface area contributed by atoms with Gasteiger partial charge in [-0.3, -0.25) is 0 Å². The second-order valence-electron chi connectivity index (χ2n) is 7.11. The van der Waals surface area contributed by atoms with E-state index in [0.717, 1.165) is 11.8 Å². The molecule has 132 valence electrons. The zero-order chi connectivity index (χ0) is 16.7. The summed E-state index contributed by atoms with van der Waals surface area (Å²) >= 11 is 0. The van der Waals surface area contributed by atoms with Crippen molar-refractivity contribution in [2.24, 2.45) is 23.7 Å². The van der Waals surface area contributed by atoms with E-state index in [2.05, 4.69) is 27.7 Å². The van der Waals surface area contributed by atoms with Crippen LogP contribution in [0.4, 0.5) is 0 Å². The highest BCUT2D eigenvalue weighted by molar-refractivity contribution is 4.99. The van der Waals surface area contributed by atoms with Crippen molar-refractivity contribution >= 4 is 0 Å². The van der Waals surface area contributed by atoms with Crippen LogP contribution < -0.4 is 0 Å². The summed E-state index contributed by atoms with van der Waals surface area (Å²) in [4.78, 5) is 0. The topological polar surface area (TPSA) is 18.5 Å². The third-order valence-corrected chi connectivity index (χ3v) is 5.76. The standard InChI is InChI=1S/C18H34O2.C2H6/c1-6-13-14(7-2)18(20-12(3)4)16-11-9-8-10-15(16)17(13)19-5;1-2/h12-18H,6-11H2,1-5H3;1-2H3. The molecule has 0 saturated heterocycles. The van der Waals surface area contributed by atoms with Crippen molar-refractivity contribution in [1.29, 1.82) is 0 Å². The monoisotopic (exact) mass is 312 g/mol. The Balaban J connectivity index is 0.00000116. The summed E-state index contributed by atoms with van der Waals surface area (Å²) in [6.07, 6.45) is 9.14. The molecule has 0 radical (unpaired) electrons. The maximum atomic E-state index is 6.43. The van der Waals surface area contributed by atoms with E-state index in [1.165, 1.54) is 38.5 Å². The van der Waals surface area contributed by atoms with Gasteiger partial charge in [-0.15, -0.1) is 0 Å². The smallest absolute Gasteiger partial charge is 0.0642 e. The fourth-order valence-corrected chi connectivity index (χ4v) is 5.06. The Morgan fingerprint density at radius 2 is 1.32 bits per heavy atom. The summed E-state index contributed by atoms with van der Waals surface area (Å²) in [6, 6.07) is 0. The summed E-state index contributed by atoms with van der Waals surface area (Å²) in [7, 11) is 1.93. The average Bonchev–Trinajstić information content (AvgIpc) is 2.55. The van der Waals surface area contributed by atoms with E-state index in [1.54, 1.807) is 0 Å². The van der Waals surface area contributed by atoms with Crippen LogP contribution in [0.3, 0.4) is 0 Å². The molecule has 2 saturated carbocycles. The van der Waals surface area contributed by atoms with E-state index in [0.29, 0.717) is 30.1 Å². The molecule has 2 aliphatic carbocycles. The van der Waals surface area contributed by atoms with Crippen LogP contribution in [0.5, 0.6) is 0 Å². The molecule has 2 nitrogen and oxygen atoms in total. The van der Waals surface area contributed by atoms with Gasteiger partial charge in [0.15, 0.2) is 0 Å². The van der Waals surface area contributed by atoms with Crippen molar-refractivity contribution in [3.63, 3.8) is 0 Å². The minimum atomic E-state index is 0.341. The lowest BCUT2D eigenvalue weighted by Gasteiger charge is -2.53. The van der Waals surface area contributed by atoms with Crippen LogP contribution in [-0.2, 0) is 9.47 Å². The number of hydrogen-bond acceptors (Lipinski definition) is 2. The first-order chi connectivity index (χ1) is 10.6. The first kappa shape index (κ1) is 20.0. The molecule has 0 aromatic rings. The van der Waals surface area contributed by atoms with Gasteiger partial charge in [-0.2, -0.15) is 0 Å². The summed E-state index contributed by atoms with van der Waals surface area (Å²) in [5.74, 6) is 2.80. The van der Waals surface area contributed by atoms with Gasteiger partial charge in [0.1, 0.15) is 0 Å². The van der Waals surface area contributed by atoms with Crippen molar-refractivity contribution in [2.45, 2.75) is 98.4 Å². The van der Waals surface area contributed by atoms with Crippen molar-refractivity contribution in [1.82, 2.24) is 0 Å². The van der Waals surface area contributed by atoms with Gasteiger partial charge in [0.2, 0.25) is 0 Å². The van der Waals surface area contributed by atoms with Crippen LogP contribution in [0.1, 0.15) is 80.1 Å². The van der Waals surface area contributed by atoms with Gasteiger partial charge in [0.05, 0.1) is 18.3 Å². The van der Waals surface area contributed by atoms with Crippen LogP contribution in [0.15, 0.2) is 0 Å². The van der Waals surface area contributed by atoms with Gasteiger partial charge < -0.3 is 9.47 Å². The fraction of sp³-hybridized carbons (Fsp3) is 1.00. The highest BCUT2D eigenvalue weighted by Crippen LogP contribution is 2.50. The molecule has 6 unspecified atom stereocenters. The van der Waals surface area contributed by atoms with Gasteiger partial charge in [-0.1, -0.05) is 53.4 Å².